The molecule has 2 heteroatoms. The Kier molecular flexibility index (Phi) is 4.72. The largest absolute Gasteiger partial charge is 0.327 e. The van der Waals surface area contributed by atoms with Gasteiger partial charge in [0.05, 0.1) is 0 Å². The highest BCUT2D eigenvalue weighted by molar-refractivity contribution is 5.79. The van der Waals surface area contributed by atoms with Gasteiger partial charge in [0.2, 0.25) is 0 Å². The van der Waals surface area contributed by atoms with E-state index in [1.807, 2.05) is 20.8 Å². The molecule has 0 heterocycles. The summed E-state index contributed by atoms with van der Waals surface area (Å²) in [5.41, 5.74) is 5.84. The molecule has 0 aliphatic carbocycles. The van der Waals surface area contributed by atoms with Crippen molar-refractivity contribution in [1.82, 2.24) is 0 Å². The van der Waals surface area contributed by atoms with Crippen LogP contribution in [0.3, 0.4) is 0 Å². The molecule has 0 amide bonds. The average Bonchev–Trinajstić information content (AvgIpc) is 1.99. The molecule has 0 aromatic heterocycles. The van der Waals surface area contributed by atoms with Crippen LogP contribution < -0.4 is 5.73 Å². The van der Waals surface area contributed by atoms with Gasteiger partial charge in [-0.3, -0.25) is 4.79 Å². The Morgan fingerprint density at radius 3 is 2.46 bits per heavy atom. The predicted molar refractivity (Wildman–Crippen MR) is 55.1 cm³/mol. The minimum absolute atomic E-state index is 0.00813. The average molecular weight is 181 g/mol. The number of nitrogens with two attached hydrogens (primary N) is 1. The zero-order chi connectivity index (χ0) is 10.5. The minimum atomic E-state index is -0.0715. The monoisotopic (exact) mass is 181 g/mol. The molecule has 0 aliphatic rings. The van der Waals surface area contributed by atoms with E-state index in [-0.39, 0.29) is 17.2 Å². The van der Waals surface area contributed by atoms with E-state index in [2.05, 4.69) is 5.92 Å². The molecular weight excluding hydrogens is 162 g/mol. The lowest BCUT2D eigenvalue weighted by Crippen LogP contribution is -2.36. The van der Waals surface area contributed by atoms with E-state index in [0.717, 1.165) is 0 Å². The molecule has 0 saturated heterocycles. The molecule has 74 valence electrons. The van der Waals surface area contributed by atoms with E-state index in [0.29, 0.717) is 19.3 Å². The van der Waals surface area contributed by atoms with Crippen LogP contribution in [0, 0.1) is 17.8 Å². The fourth-order valence-electron chi connectivity index (χ4n) is 0.865. The minimum Gasteiger partial charge on any atom is -0.327 e. The fraction of sp³-hybridized carbons (Fsp3) is 0.727. The molecule has 0 bridgehead atoms. The Morgan fingerprint density at radius 2 is 2.08 bits per heavy atom. The van der Waals surface area contributed by atoms with Gasteiger partial charge in [-0.1, -0.05) is 20.8 Å². The molecule has 0 fully saturated rings. The van der Waals surface area contributed by atoms with Crippen molar-refractivity contribution in [2.45, 2.75) is 46.1 Å². The lowest BCUT2D eigenvalue weighted by Gasteiger charge is -2.26. The summed E-state index contributed by atoms with van der Waals surface area (Å²) in [5.74, 6) is 2.62. The van der Waals surface area contributed by atoms with E-state index in [4.69, 9.17) is 12.2 Å². The van der Waals surface area contributed by atoms with Crippen LogP contribution in [-0.2, 0) is 4.79 Å². The van der Waals surface area contributed by atoms with Crippen LogP contribution in [0.2, 0.25) is 0 Å². The first-order valence-electron chi connectivity index (χ1n) is 4.58. The highest BCUT2D eigenvalue weighted by Crippen LogP contribution is 2.20. The molecule has 0 aromatic rings. The van der Waals surface area contributed by atoms with Crippen molar-refractivity contribution in [3.05, 3.63) is 0 Å². The van der Waals surface area contributed by atoms with Gasteiger partial charge in [-0.05, 0) is 5.41 Å². The van der Waals surface area contributed by atoms with Crippen molar-refractivity contribution < 1.29 is 4.79 Å². The van der Waals surface area contributed by atoms with Gasteiger partial charge < -0.3 is 5.73 Å². The Labute approximate surface area is 80.9 Å². The Balaban J connectivity index is 3.87. The summed E-state index contributed by atoms with van der Waals surface area (Å²) in [6.45, 7) is 6.10. The molecule has 2 nitrogen and oxygen atoms in total. The van der Waals surface area contributed by atoms with Crippen LogP contribution in [0.4, 0.5) is 0 Å². The van der Waals surface area contributed by atoms with Crippen molar-refractivity contribution in [3.63, 3.8) is 0 Å². The van der Waals surface area contributed by atoms with Gasteiger partial charge in [-0.2, -0.15) is 0 Å². The Hall–Kier alpha value is -0.810. The zero-order valence-electron chi connectivity index (χ0n) is 8.76. The normalized spacial score (nSPS) is 13.5. The molecule has 0 saturated carbocycles. The molecule has 13 heavy (non-hydrogen) atoms. The van der Waals surface area contributed by atoms with E-state index in [1.165, 1.54) is 0 Å². The summed E-state index contributed by atoms with van der Waals surface area (Å²) in [6, 6.07) is -0.0715. The number of carbonyl (C=O) groups is 1. The highest BCUT2D eigenvalue weighted by Gasteiger charge is 2.22. The lowest BCUT2D eigenvalue weighted by molar-refractivity contribution is -0.119. The summed E-state index contributed by atoms with van der Waals surface area (Å²) in [5, 5.41) is 0. The van der Waals surface area contributed by atoms with Crippen LogP contribution in [0.1, 0.15) is 40.0 Å². The molecule has 1 unspecified atom stereocenters. The highest BCUT2D eigenvalue weighted by atomic mass is 16.1. The number of hydrogen-bond acceptors (Lipinski definition) is 2. The van der Waals surface area contributed by atoms with Gasteiger partial charge in [0, 0.05) is 25.3 Å². The summed E-state index contributed by atoms with van der Waals surface area (Å²) in [4.78, 5) is 11.3. The summed E-state index contributed by atoms with van der Waals surface area (Å²) < 4.78 is 0. The van der Waals surface area contributed by atoms with Crippen molar-refractivity contribution in [1.29, 1.82) is 0 Å². The topological polar surface area (TPSA) is 43.1 Å². The zero-order valence-corrected chi connectivity index (χ0v) is 8.76. The third-order valence-corrected chi connectivity index (χ3v) is 2.11. The first-order valence-corrected chi connectivity index (χ1v) is 4.58. The summed E-state index contributed by atoms with van der Waals surface area (Å²) >= 11 is 0. The van der Waals surface area contributed by atoms with Gasteiger partial charge in [-0.15, -0.1) is 12.3 Å². The number of ketones is 1. The molecule has 0 rings (SSSR count). The van der Waals surface area contributed by atoms with Gasteiger partial charge in [0.25, 0.3) is 0 Å². The van der Waals surface area contributed by atoms with Gasteiger partial charge in [-0.25, -0.2) is 0 Å². The Bertz CT molecular complexity index is 207. The van der Waals surface area contributed by atoms with Crippen molar-refractivity contribution in [2.24, 2.45) is 11.1 Å². The van der Waals surface area contributed by atoms with Crippen LogP contribution in [0.5, 0.6) is 0 Å². The first-order chi connectivity index (χ1) is 5.88. The van der Waals surface area contributed by atoms with Crippen LogP contribution >= 0.6 is 0 Å². The molecular formula is C11H19NO. The number of hydrogen-bond donors (Lipinski definition) is 1. The molecule has 1 atom stereocenters. The second-order valence-electron chi connectivity index (χ2n) is 4.42. The van der Waals surface area contributed by atoms with E-state index < -0.39 is 0 Å². The molecule has 0 radical (unpaired) electrons. The SMILES string of the molecule is C#CCCC(=O)CC(N)C(C)(C)C. The number of terminal acetylenes is 1. The molecule has 0 aromatic carbocycles. The third-order valence-electron chi connectivity index (χ3n) is 2.11. The van der Waals surface area contributed by atoms with Crippen molar-refractivity contribution in [2.75, 3.05) is 0 Å². The standard InChI is InChI=1S/C11H19NO/c1-5-6-7-9(13)8-10(12)11(2,3)4/h1,10H,6-8,12H2,2-4H3. The maximum Gasteiger partial charge on any atom is 0.135 e. The maximum absolute atomic E-state index is 11.3. The van der Waals surface area contributed by atoms with Crippen LogP contribution in [-0.4, -0.2) is 11.8 Å². The van der Waals surface area contributed by atoms with Gasteiger partial charge in [0.15, 0.2) is 0 Å². The fourth-order valence-corrected chi connectivity index (χ4v) is 0.865. The summed E-state index contributed by atoms with van der Waals surface area (Å²) in [6.07, 6.45) is 6.48. The quantitative estimate of drug-likeness (QED) is 0.671. The second-order valence-corrected chi connectivity index (χ2v) is 4.42. The Morgan fingerprint density at radius 1 is 1.54 bits per heavy atom. The third kappa shape index (κ3) is 5.43. The maximum atomic E-state index is 11.3. The lowest BCUT2D eigenvalue weighted by atomic mass is 9.84. The number of Topliss-reactive ketones (excluding diaryl/α,β-unsaturated/α-hetero) is 1. The van der Waals surface area contributed by atoms with E-state index in [9.17, 15) is 4.79 Å². The van der Waals surface area contributed by atoms with Crippen LogP contribution in [0.25, 0.3) is 0 Å². The van der Waals surface area contributed by atoms with Crippen molar-refractivity contribution in [3.8, 4) is 12.3 Å². The first kappa shape index (κ1) is 12.2. The number of carbonyl (C=O) groups excluding carboxylic acids is 1. The van der Waals surface area contributed by atoms with Crippen molar-refractivity contribution >= 4 is 5.78 Å². The number of rotatable bonds is 4. The molecule has 2 N–H and O–H groups in total. The molecule has 0 aliphatic heterocycles. The molecule has 0 spiro atoms. The van der Waals surface area contributed by atoms with E-state index in [1.54, 1.807) is 0 Å². The van der Waals surface area contributed by atoms with Gasteiger partial charge in [0.1, 0.15) is 5.78 Å². The second kappa shape index (κ2) is 5.04. The van der Waals surface area contributed by atoms with Gasteiger partial charge >= 0.3 is 0 Å². The van der Waals surface area contributed by atoms with E-state index >= 15 is 0 Å². The summed E-state index contributed by atoms with van der Waals surface area (Å²) in [7, 11) is 0. The smallest absolute Gasteiger partial charge is 0.135 e. The predicted octanol–water partition coefficient (Wildman–Crippen LogP) is 1.73. The van der Waals surface area contributed by atoms with Crippen LogP contribution in [0.15, 0.2) is 0 Å².